The lowest BCUT2D eigenvalue weighted by molar-refractivity contribution is 0.0160. The monoisotopic (exact) mass is 572 g/mol. The van der Waals surface area contributed by atoms with Gasteiger partial charge in [0, 0.05) is 42.9 Å². The molecule has 208 valence electrons. The molecular formula is C27H32N4O6S2. The van der Waals surface area contributed by atoms with Crippen LogP contribution in [0.25, 0.3) is 11.0 Å². The van der Waals surface area contributed by atoms with Crippen molar-refractivity contribution in [3.05, 3.63) is 65.5 Å². The molecule has 2 aromatic heterocycles. The molecular weight excluding hydrogens is 540 g/mol. The molecule has 3 heterocycles. The molecule has 1 aromatic carbocycles. The number of rotatable bonds is 8. The van der Waals surface area contributed by atoms with Crippen LogP contribution in [0.15, 0.2) is 53.9 Å². The summed E-state index contributed by atoms with van der Waals surface area (Å²) in [5.41, 5.74) is 2.87. The molecule has 0 spiro atoms. The summed E-state index contributed by atoms with van der Waals surface area (Å²) < 4.78 is 61.2. The molecule has 0 N–H and O–H groups in total. The van der Waals surface area contributed by atoms with Gasteiger partial charge in [-0.05, 0) is 32.1 Å². The van der Waals surface area contributed by atoms with Crippen molar-refractivity contribution >= 4 is 31.9 Å². The summed E-state index contributed by atoms with van der Waals surface area (Å²) in [6, 6.07) is 5.00. The summed E-state index contributed by atoms with van der Waals surface area (Å²) in [5.74, 6) is 1.10. The van der Waals surface area contributed by atoms with Crippen LogP contribution in [0.3, 0.4) is 0 Å². The van der Waals surface area contributed by atoms with E-state index in [2.05, 4.69) is 9.97 Å². The lowest BCUT2D eigenvalue weighted by Gasteiger charge is -2.43. The number of aryl methyl sites for hydroxylation is 1. The Morgan fingerprint density at radius 2 is 1.90 bits per heavy atom. The molecule has 2 aliphatic rings. The minimum atomic E-state index is -4.24. The zero-order valence-electron chi connectivity index (χ0n) is 22.4. The number of allylic oxidation sites excluding steroid dienone is 2. The first-order valence-corrected chi connectivity index (χ1v) is 15.4. The van der Waals surface area contributed by atoms with E-state index in [4.69, 9.17) is 14.2 Å². The third-order valence-corrected chi connectivity index (χ3v) is 10.9. The second-order valence-corrected chi connectivity index (χ2v) is 12.9. The number of methoxy groups -OCH3 is 2. The molecule has 0 radical (unpaired) electrons. The Kier molecular flexibility index (Phi) is 7.64. The first-order chi connectivity index (χ1) is 18.7. The van der Waals surface area contributed by atoms with Crippen molar-refractivity contribution < 1.29 is 26.8 Å². The van der Waals surface area contributed by atoms with E-state index in [1.165, 1.54) is 7.11 Å². The number of morpholine rings is 1. The summed E-state index contributed by atoms with van der Waals surface area (Å²) in [4.78, 5) is 9.59. The van der Waals surface area contributed by atoms with Crippen molar-refractivity contribution in [1.29, 1.82) is 0 Å². The lowest BCUT2D eigenvalue weighted by Crippen LogP contribution is -2.58. The molecule has 39 heavy (non-hydrogen) atoms. The van der Waals surface area contributed by atoms with Gasteiger partial charge < -0.3 is 14.2 Å². The number of fused-ring (bicyclic) bond motifs is 1. The minimum absolute atomic E-state index is 0.0290. The number of benzene rings is 1. The van der Waals surface area contributed by atoms with Crippen molar-refractivity contribution in [2.45, 2.75) is 36.0 Å². The van der Waals surface area contributed by atoms with Gasteiger partial charge in [0.15, 0.2) is 4.87 Å². The van der Waals surface area contributed by atoms with E-state index < -0.39 is 25.7 Å². The number of imidazole rings is 1. The van der Waals surface area contributed by atoms with Crippen molar-refractivity contribution in [3.63, 3.8) is 0 Å². The highest BCUT2D eigenvalue weighted by atomic mass is 32.2. The molecule has 5 rings (SSSR count). The van der Waals surface area contributed by atoms with Crippen LogP contribution in [0.1, 0.15) is 23.2 Å². The number of pyridine rings is 1. The molecule has 0 saturated carbocycles. The summed E-state index contributed by atoms with van der Waals surface area (Å²) >= 11 is 0. The van der Waals surface area contributed by atoms with E-state index in [0.29, 0.717) is 54.5 Å². The van der Waals surface area contributed by atoms with Gasteiger partial charge in [0.25, 0.3) is 10.0 Å². The predicted octanol–water partition coefficient (Wildman–Crippen LogP) is 3.10. The Bertz CT molecular complexity index is 1590. The van der Waals surface area contributed by atoms with Gasteiger partial charge in [-0.2, -0.15) is 0 Å². The largest absolute Gasteiger partial charge is 0.497 e. The van der Waals surface area contributed by atoms with Crippen molar-refractivity contribution in [3.8, 4) is 11.5 Å². The average Bonchev–Trinajstić information content (AvgIpc) is 3.35. The van der Waals surface area contributed by atoms with Crippen molar-refractivity contribution in [2.24, 2.45) is 0 Å². The Morgan fingerprint density at radius 1 is 1.13 bits per heavy atom. The highest BCUT2D eigenvalue weighted by molar-refractivity contribution is 7.92. The van der Waals surface area contributed by atoms with Gasteiger partial charge >= 0.3 is 0 Å². The van der Waals surface area contributed by atoms with E-state index >= 15 is 0 Å². The van der Waals surface area contributed by atoms with Crippen LogP contribution in [0.2, 0.25) is 0 Å². The van der Waals surface area contributed by atoms with Gasteiger partial charge in [0.1, 0.15) is 11.5 Å². The van der Waals surface area contributed by atoms with Crippen LogP contribution in [0.5, 0.6) is 11.5 Å². The van der Waals surface area contributed by atoms with Gasteiger partial charge in [0.05, 0.1) is 60.7 Å². The standard InChI is InChI=1S/C27H32N4O6S2/c1-19-17-28-23(20(2)25(19)36-4)18-38(32)26-29-22-9-8-21(35-3)16-24(22)31(26)39(33,34)27(10-6-5-7-11-27)30-12-14-37-15-13-30/h5-10,16-17H,11-15,18H2,1-4H3. The van der Waals surface area contributed by atoms with Crippen LogP contribution < -0.4 is 9.47 Å². The molecule has 0 amide bonds. The van der Waals surface area contributed by atoms with Crippen molar-refractivity contribution in [1.82, 2.24) is 18.8 Å². The normalized spacial score (nSPS) is 20.8. The van der Waals surface area contributed by atoms with Crippen LogP contribution in [-0.4, -0.2) is 76.9 Å². The zero-order chi connectivity index (χ0) is 27.8. The van der Waals surface area contributed by atoms with E-state index in [9.17, 15) is 12.6 Å². The quantitative estimate of drug-likeness (QED) is 0.402. The van der Waals surface area contributed by atoms with Crippen LogP contribution >= 0.6 is 0 Å². The molecule has 1 aliphatic heterocycles. The molecule has 10 nitrogen and oxygen atoms in total. The fourth-order valence-corrected chi connectivity index (χ4v) is 8.93. The fraction of sp³-hybridized carbons (Fsp3) is 0.407. The van der Waals surface area contributed by atoms with E-state index in [0.717, 1.165) is 15.1 Å². The second kappa shape index (κ2) is 10.8. The molecule has 1 saturated heterocycles. The predicted molar refractivity (Wildman–Crippen MR) is 149 cm³/mol. The van der Waals surface area contributed by atoms with E-state index in [1.54, 1.807) is 43.7 Å². The van der Waals surface area contributed by atoms with Gasteiger partial charge in [-0.3, -0.25) is 14.1 Å². The number of hydrogen-bond donors (Lipinski definition) is 0. The fourth-order valence-electron chi connectivity index (χ4n) is 5.20. The van der Waals surface area contributed by atoms with Gasteiger partial charge in [0.2, 0.25) is 5.16 Å². The molecule has 1 fully saturated rings. The number of aromatic nitrogens is 3. The minimum Gasteiger partial charge on any atom is -0.497 e. The summed E-state index contributed by atoms with van der Waals surface area (Å²) in [6.07, 6.45) is 9.03. The highest BCUT2D eigenvalue weighted by Crippen LogP contribution is 2.38. The third kappa shape index (κ3) is 4.69. The van der Waals surface area contributed by atoms with Crippen LogP contribution in [-0.2, 0) is 31.3 Å². The topological polar surface area (TPSA) is 113 Å². The van der Waals surface area contributed by atoms with E-state index in [-0.39, 0.29) is 17.3 Å². The van der Waals surface area contributed by atoms with Crippen molar-refractivity contribution in [2.75, 3.05) is 40.5 Å². The summed E-state index contributed by atoms with van der Waals surface area (Å²) in [5, 5.41) is -0.0606. The summed E-state index contributed by atoms with van der Waals surface area (Å²) in [7, 11) is -3.01. The van der Waals surface area contributed by atoms with Crippen LogP contribution in [0, 0.1) is 13.8 Å². The molecule has 3 aromatic rings. The smallest absolute Gasteiger partial charge is 0.264 e. The maximum atomic E-state index is 14.8. The first-order valence-electron chi connectivity index (χ1n) is 12.6. The lowest BCUT2D eigenvalue weighted by atomic mass is 10.1. The third-order valence-electron chi connectivity index (χ3n) is 7.26. The van der Waals surface area contributed by atoms with Gasteiger partial charge in [-0.15, -0.1) is 0 Å². The highest BCUT2D eigenvalue weighted by Gasteiger charge is 2.50. The Hall–Kier alpha value is -3.06. The maximum Gasteiger partial charge on any atom is 0.264 e. The Morgan fingerprint density at radius 3 is 2.56 bits per heavy atom. The first kappa shape index (κ1) is 27.5. The maximum absolute atomic E-state index is 14.8. The molecule has 1 aliphatic carbocycles. The molecule has 2 unspecified atom stereocenters. The SMILES string of the molecule is COc1ccc2nc(S(=O)Cc3ncc(C)c(OC)c3C)n(S(=O)(=O)C3(N4CCOCC4)C=CC=CC3)c2c1. The number of nitrogens with zero attached hydrogens (tertiary/aromatic N) is 4. The number of hydrogen-bond acceptors (Lipinski definition) is 9. The second-order valence-electron chi connectivity index (χ2n) is 9.49. The molecule has 0 bridgehead atoms. The average molecular weight is 573 g/mol. The van der Waals surface area contributed by atoms with Gasteiger partial charge in [-0.25, -0.2) is 17.4 Å². The van der Waals surface area contributed by atoms with Crippen LogP contribution in [0.4, 0.5) is 0 Å². The molecule has 12 heteroatoms. The van der Waals surface area contributed by atoms with E-state index in [1.807, 2.05) is 30.9 Å². The Labute approximate surface area is 230 Å². The Balaban J connectivity index is 1.69. The zero-order valence-corrected chi connectivity index (χ0v) is 24.0. The number of ether oxygens (including phenoxy) is 3. The summed E-state index contributed by atoms with van der Waals surface area (Å²) in [6.45, 7) is 5.47. The molecule has 2 atom stereocenters. The van der Waals surface area contributed by atoms with Gasteiger partial charge in [-0.1, -0.05) is 18.2 Å².